The summed E-state index contributed by atoms with van der Waals surface area (Å²) in [5.41, 5.74) is 7.76. The number of hydrogen-bond acceptors (Lipinski definition) is 3. The Balaban J connectivity index is 3.02. The van der Waals surface area contributed by atoms with Gasteiger partial charge in [-0.1, -0.05) is 6.92 Å². The second-order valence-electron chi connectivity index (χ2n) is 3.39. The standard InChI is InChI=1S/C9H15NOS/c1-7-3-12-4-8(7)9(2,5-10)6-11/h3-4,11H,5-6,10H2,1-2H3. The minimum atomic E-state index is -0.260. The average Bonchev–Trinajstić information content (AvgIpc) is 2.51. The van der Waals surface area contributed by atoms with Gasteiger partial charge in [-0.15, -0.1) is 0 Å². The highest BCUT2D eigenvalue weighted by Gasteiger charge is 2.26. The molecule has 0 aliphatic carbocycles. The van der Waals surface area contributed by atoms with Crippen molar-refractivity contribution >= 4 is 11.3 Å². The van der Waals surface area contributed by atoms with Crippen LogP contribution < -0.4 is 5.73 Å². The largest absolute Gasteiger partial charge is 0.395 e. The Kier molecular flexibility index (Phi) is 2.88. The first-order chi connectivity index (χ1) is 5.64. The van der Waals surface area contributed by atoms with Crippen LogP contribution in [-0.4, -0.2) is 18.3 Å². The predicted octanol–water partition coefficient (Wildman–Crippen LogP) is 1.27. The van der Waals surface area contributed by atoms with E-state index < -0.39 is 0 Å². The van der Waals surface area contributed by atoms with Gasteiger partial charge in [-0.05, 0) is 28.8 Å². The van der Waals surface area contributed by atoms with Gasteiger partial charge in [0.05, 0.1) is 6.61 Å². The molecule has 12 heavy (non-hydrogen) atoms. The molecule has 0 spiro atoms. The lowest BCUT2D eigenvalue weighted by atomic mass is 9.83. The summed E-state index contributed by atoms with van der Waals surface area (Å²) in [6.45, 7) is 4.64. The minimum Gasteiger partial charge on any atom is -0.395 e. The van der Waals surface area contributed by atoms with Gasteiger partial charge in [-0.25, -0.2) is 0 Å². The molecule has 0 fully saturated rings. The lowest BCUT2D eigenvalue weighted by Crippen LogP contribution is -2.35. The monoisotopic (exact) mass is 185 g/mol. The normalized spacial score (nSPS) is 16.0. The summed E-state index contributed by atoms with van der Waals surface area (Å²) in [7, 11) is 0. The summed E-state index contributed by atoms with van der Waals surface area (Å²) >= 11 is 1.66. The topological polar surface area (TPSA) is 46.2 Å². The van der Waals surface area contributed by atoms with E-state index in [1.807, 2.05) is 6.92 Å². The first kappa shape index (κ1) is 9.71. The van der Waals surface area contributed by atoms with E-state index >= 15 is 0 Å². The van der Waals surface area contributed by atoms with Gasteiger partial charge in [0.1, 0.15) is 0 Å². The number of aliphatic hydroxyl groups excluding tert-OH is 1. The Labute approximate surface area is 77.0 Å². The van der Waals surface area contributed by atoms with Crippen LogP contribution in [0, 0.1) is 6.92 Å². The maximum atomic E-state index is 9.21. The Hall–Kier alpha value is -0.380. The van der Waals surface area contributed by atoms with E-state index in [1.54, 1.807) is 11.3 Å². The highest BCUT2D eigenvalue weighted by molar-refractivity contribution is 7.08. The van der Waals surface area contributed by atoms with Crippen molar-refractivity contribution in [1.82, 2.24) is 0 Å². The smallest absolute Gasteiger partial charge is 0.0537 e. The van der Waals surface area contributed by atoms with E-state index in [9.17, 15) is 5.11 Å². The molecule has 1 aromatic rings. The van der Waals surface area contributed by atoms with Crippen molar-refractivity contribution in [3.05, 3.63) is 21.9 Å². The zero-order valence-electron chi connectivity index (χ0n) is 7.50. The molecule has 1 aromatic heterocycles. The van der Waals surface area contributed by atoms with E-state index in [2.05, 4.69) is 17.7 Å². The van der Waals surface area contributed by atoms with Gasteiger partial charge < -0.3 is 10.8 Å². The number of nitrogens with two attached hydrogens (primary N) is 1. The number of thiophene rings is 1. The van der Waals surface area contributed by atoms with E-state index in [4.69, 9.17) is 5.73 Å². The molecule has 1 unspecified atom stereocenters. The Morgan fingerprint density at radius 1 is 1.58 bits per heavy atom. The third kappa shape index (κ3) is 1.53. The van der Waals surface area contributed by atoms with Crippen molar-refractivity contribution in [3.8, 4) is 0 Å². The fourth-order valence-corrected chi connectivity index (χ4v) is 2.24. The van der Waals surface area contributed by atoms with Crippen molar-refractivity contribution in [2.45, 2.75) is 19.3 Å². The van der Waals surface area contributed by atoms with Crippen LogP contribution in [0.2, 0.25) is 0 Å². The minimum absolute atomic E-state index is 0.112. The molecule has 0 saturated carbocycles. The first-order valence-corrected chi connectivity index (χ1v) is 4.92. The fraction of sp³-hybridized carbons (Fsp3) is 0.556. The second kappa shape index (κ2) is 3.56. The van der Waals surface area contributed by atoms with E-state index in [1.165, 1.54) is 11.1 Å². The molecule has 0 amide bonds. The summed E-state index contributed by atoms with van der Waals surface area (Å²) in [6, 6.07) is 0. The zero-order valence-corrected chi connectivity index (χ0v) is 8.32. The van der Waals surface area contributed by atoms with Crippen molar-refractivity contribution in [3.63, 3.8) is 0 Å². The summed E-state index contributed by atoms with van der Waals surface area (Å²) in [5, 5.41) is 13.4. The van der Waals surface area contributed by atoms with Gasteiger partial charge in [0, 0.05) is 12.0 Å². The molecule has 0 radical (unpaired) electrons. The second-order valence-corrected chi connectivity index (χ2v) is 4.13. The predicted molar refractivity (Wildman–Crippen MR) is 52.5 cm³/mol. The molecule has 1 atom stereocenters. The summed E-state index contributed by atoms with van der Waals surface area (Å²) in [6.07, 6.45) is 0. The molecular formula is C9H15NOS. The average molecular weight is 185 g/mol. The molecule has 0 aliphatic rings. The molecule has 68 valence electrons. The molecule has 3 N–H and O–H groups in total. The van der Waals surface area contributed by atoms with Gasteiger partial charge >= 0.3 is 0 Å². The van der Waals surface area contributed by atoms with Crippen LogP contribution >= 0.6 is 11.3 Å². The van der Waals surface area contributed by atoms with Gasteiger partial charge in [0.2, 0.25) is 0 Å². The highest BCUT2D eigenvalue weighted by Crippen LogP contribution is 2.27. The van der Waals surface area contributed by atoms with Gasteiger partial charge in [0.15, 0.2) is 0 Å². The van der Waals surface area contributed by atoms with Crippen LogP contribution in [0.4, 0.5) is 0 Å². The maximum absolute atomic E-state index is 9.21. The van der Waals surface area contributed by atoms with Crippen LogP contribution in [0.3, 0.4) is 0 Å². The molecule has 0 aromatic carbocycles. The highest BCUT2D eigenvalue weighted by atomic mass is 32.1. The summed E-state index contributed by atoms with van der Waals surface area (Å²) < 4.78 is 0. The van der Waals surface area contributed by atoms with E-state index in [-0.39, 0.29) is 12.0 Å². The van der Waals surface area contributed by atoms with Crippen molar-refractivity contribution in [2.75, 3.05) is 13.2 Å². The number of aryl methyl sites for hydroxylation is 1. The molecular weight excluding hydrogens is 170 g/mol. The van der Waals surface area contributed by atoms with Crippen LogP contribution in [-0.2, 0) is 5.41 Å². The lowest BCUT2D eigenvalue weighted by Gasteiger charge is -2.25. The van der Waals surface area contributed by atoms with Crippen LogP contribution in [0.15, 0.2) is 10.8 Å². The lowest BCUT2D eigenvalue weighted by molar-refractivity contribution is 0.210. The van der Waals surface area contributed by atoms with Gasteiger partial charge in [-0.2, -0.15) is 11.3 Å². The third-order valence-corrected chi connectivity index (χ3v) is 3.17. The molecule has 0 saturated heterocycles. The quantitative estimate of drug-likeness (QED) is 0.745. The van der Waals surface area contributed by atoms with Crippen LogP contribution in [0.5, 0.6) is 0 Å². The molecule has 1 heterocycles. The van der Waals surface area contributed by atoms with E-state index in [0.29, 0.717) is 6.54 Å². The van der Waals surface area contributed by atoms with Crippen molar-refractivity contribution in [1.29, 1.82) is 0 Å². The molecule has 1 rings (SSSR count). The number of aliphatic hydroxyl groups is 1. The SMILES string of the molecule is Cc1cscc1C(C)(CN)CO. The fourth-order valence-electron chi connectivity index (χ4n) is 1.24. The first-order valence-electron chi connectivity index (χ1n) is 3.98. The Morgan fingerprint density at radius 3 is 2.58 bits per heavy atom. The summed E-state index contributed by atoms with van der Waals surface area (Å²) in [4.78, 5) is 0. The molecule has 0 aliphatic heterocycles. The molecule has 2 nitrogen and oxygen atoms in total. The number of hydrogen-bond donors (Lipinski definition) is 2. The molecule has 0 bridgehead atoms. The van der Waals surface area contributed by atoms with Crippen molar-refractivity contribution < 1.29 is 5.11 Å². The Morgan fingerprint density at radius 2 is 2.25 bits per heavy atom. The molecule has 3 heteroatoms. The third-order valence-electron chi connectivity index (χ3n) is 2.31. The van der Waals surface area contributed by atoms with E-state index in [0.717, 1.165) is 0 Å². The van der Waals surface area contributed by atoms with Gasteiger partial charge in [0.25, 0.3) is 0 Å². The van der Waals surface area contributed by atoms with Crippen molar-refractivity contribution in [2.24, 2.45) is 5.73 Å². The summed E-state index contributed by atoms with van der Waals surface area (Å²) in [5.74, 6) is 0. The Bertz CT molecular complexity index is 253. The number of rotatable bonds is 3. The van der Waals surface area contributed by atoms with Gasteiger partial charge in [-0.3, -0.25) is 0 Å². The maximum Gasteiger partial charge on any atom is 0.0537 e. The van der Waals surface area contributed by atoms with Crippen LogP contribution in [0.25, 0.3) is 0 Å². The van der Waals surface area contributed by atoms with Crippen LogP contribution in [0.1, 0.15) is 18.1 Å². The zero-order chi connectivity index (χ0) is 9.19.